The molecule has 1 heterocycles. The van der Waals surface area contributed by atoms with Crippen LogP contribution in [0.15, 0.2) is 0 Å². The average molecular weight is 224 g/mol. The van der Waals surface area contributed by atoms with Gasteiger partial charge < -0.3 is 4.74 Å². The first-order chi connectivity index (χ1) is 6.38. The highest BCUT2D eigenvalue weighted by Gasteiger charge is 2.26. The van der Waals surface area contributed by atoms with E-state index in [1.54, 1.807) is 0 Å². The van der Waals surface area contributed by atoms with Crippen molar-refractivity contribution in [3.8, 4) is 0 Å². The highest BCUT2D eigenvalue weighted by molar-refractivity contribution is 7.80. The van der Waals surface area contributed by atoms with Gasteiger partial charge in [0.1, 0.15) is 0 Å². The Morgan fingerprint density at radius 3 is 2.57 bits per heavy atom. The third-order valence-corrected chi connectivity index (χ3v) is 3.04. The molecule has 0 amide bonds. The van der Waals surface area contributed by atoms with Crippen LogP contribution in [0.5, 0.6) is 0 Å². The van der Waals surface area contributed by atoms with Crippen molar-refractivity contribution < 1.29 is 21.9 Å². The van der Waals surface area contributed by atoms with Crippen LogP contribution in [0.3, 0.4) is 0 Å². The van der Waals surface area contributed by atoms with Crippen LogP contribution in [0.1, 0.15) is 20.3 Å². The molecule has 1 saturated heterocycles. The Morgan fingerprint density at radius 2 is 2.07 bits per heavy atom. The van der Waals surface area contributed by atoms with Gasteiger partial charge in [-0.15, -0.1) is 0 Å². The van der Waals surface area contributed by atoms with E-state index in [1.165, 1.54) is 0 Å². The van der Waals surface area contributed by atoms with Crippen molar-refractivity contribution in [3.63, 3.8) is 0 Å². The standard InChI is InChI=1S/C8H16O5S/c1-6-3-8(12-4-7(6)2)5-13-14(9,10)11/h6-8H,3-5H2,1-2H3,(H,9,10,11). The van der Waals surface area contributed by atoms with Crippen LogP contribution in [-0.4, -0.2) is 32.3 Å². The maximum absolute atomic E-state index is 10.3. The van der Waals surface area contributed by atoms with Gasteiger partial charge >= 0.3 is 10.4 Å². The largest absolute Gasteiger partial charge is 0.397 e. The molecule has 0 aromatic heterocycles. The molecule has 0 radical (unpaired) electrons. The Labute approximate surface area is 84.4 Å². The summed E-state index contributed by atoms with van der Waals surface area (Å²) in [7, 11) is -4.33. The molecule has 1 rings (SSSR count). The monoisotopic (exact) mass is 224 g/mol. The minimum Gasteiger partial charge on any atom is -0.375 e. The van der Waals surface area contributed by atoms with E-state index in [0.717, 1.165) is 6.42 Å². The molecule has 0 aliphatic carbocycles. The number of ether oxygens (including phenoxy) is 1. The Morgan fingerprint density at radius 1 is 1.43 bits per heavy atom. The van der Waals surface area contributed by atoms with Crippen LogP contribution < -0.4 is 0 Å². The molecular formula is C8H16O5S. The lowest BCUT2D eigenvalue weighted by Crippen LogP contribution is -2.34. The molecule has 3 unspecified atom stereocenters. The fourth-order valence-electron chi connectivity index (χ4n) is 1.45. The summed E-state index contributed by atoms with van der Waals surface area (Å²) in [5, 5.41) is 0. The lowest BCUT2D eigenvalue weighted by atomic mass is 9.89. The second kappa shape index (κ2) is 4.57. The smallest absolute Gasteiger partial charge is 0.375 e. The van der Waals surface area contributed by atoms with Gasteiger partial charge in [-0.2, -0.15) is 8.42 Å². The Bertz CT molecular complexity index is 273. The van der Waals surface area contributed by atoms with Gasteiger partial charge in [0.25, 0.3) is 0 Å². The van der Waals surface area contributed by atoms with E-state index in [0.29, 0.717) is 18.4 Å². The quantitative estimate of drug-likeness (QED) is 0.720. The molecule has 84 valence electrons. The van der Waals surface area contributed by atoms with E-state index in [4.69, 9.17) is 9.29 Å². The van der Waals surface area contributed by atoms with E-state index in [1.807, 2.05) is 0 Å². The van der Waals surface area contributed by atoms with Crippen molar-refractivity contribution in [2.75, 3.05) is 13.2 Å². The van der Waals surface area contributed by atoms with Crippen molar-refractivity contribution in [3.05, 3.63) is 0 Å². The zero-order valence-electron chi connectivity index (χ0n) is 8.34. The molecule has 3 atom stereocenters. The minimum absolute atomic E-state index is 0.101. The van der Waals surface area contributed by atoms with Gasteiger partial charge in [-0.1, -0.05) is 13.8 Å². The van der Waals surface area contributed by atoms with Crippen LogP contribution in [0.2, 0.25) is 0 Å². The third-order valence-electron chi connectivity index (χ3n) is 2.60. The van der Waals surface area contributed by atoms with E-state index in [-0.39, 0.29) is 12.7 Å². The highest BCUT2D eigenvalue weighted by atomic mass is 32.3. The fourth-order valence-corrected chi connectivity index (χ4v) is 1.77. The molecular weight excluding hydrogens is 208 g/mol. The number of rotatable bonds is 3. The summed E-state index contributed by atoms with van der Waals surface area (Å²) < 4.78 is 38.6. The van der Waals surface area contributed by atoms with Gasteiger partial charge in [-0.25, -0.2) is 4.18 Å². The summed E-state index contributed by atoms with van der Waals surface area (Å²) in [5.74, 6) is 0.968. The number of hydrogen-bond acceptors (Lipinski definition) is 4. The molecule has 1 fully saturated rings. The molecule has 0 bridgehead atoms. The van der Waals surface area contributed by atoms with E-state index in [2.05, 4.69) is 18.0 Å². The summed E-state index contributed by atoms with van der Waals surface area (Å²) in [6.07, 6.45) is 0.527. The molecule has 1 N–H and O–H groups in total. The van der Waals surface area contributed by atoms with Gasteiger partial charge in [0.15, 0.2) is 0 Å². The van der Waals surface area contributed by atoms with Crippen molar-refractivity contribution >= 4 is 10.4 Å². The van der Waals surface area contributed by atoms with Crippen molar-refractivity contribution in [1.29, 1.82) is 0 Å². The van der Waals surface area contributed by atoms with Gasteiger partial charge in [0, 0.05) is 6.61 Å². The van der Waals surface area contributed by atoms with Crippen LogP contribution >= 0.6 is 0 Å². The lowest BCUT2D eigenvalue weighted by molar-refractivity contribution is -0.0560. The zero-order valence-corrected chi connectivity index (χ0v) is 9.16. The zero-order chi connectivity index (χ0) is 10.8. The van der Waals surface area contributed by atoms with Gasteiger partial charge in [-0.05, 0) is 18.3 Å². The molecule has 6 heteroatoms. The van der Waals surface area contributed by atoms with E-state index >= 15 is 0 Å². The molecule has 0 spiro atoms. The Hall–Kier alpha value is -0.170. The second-order valence-electron chi connectivity index (χ2n) is 3.86. The topological polar surface area (TPSA) is 72.8 Å². The van der Waals surface area contributed by atoms with Crippen LogP contribution in [0.25, 0.3) is 0 Å². The van der Waals surface area contributed by atoms with E-state index < -0.39 is 10.4 Å². The van der Waals surface area contributed by atoms with Crippen molar-refractivity contribution in [1.82, 2.24) is 0 Å². The SMILES string of the molecule is CC1COC(COS(=O)(=O)O)CC1C. The predicted octanol–water partition coefficient (Wildman–Crippen LogP) is 0.867. The molecule has 0 saturated carbocycles. The fraction of sp³-hybridized carbons (Fsp3) is 1.00. The molecule has 14 heavy (non-hydrogen) atoms. The average Bonchev–Trinajstić information content (AvgIpc) is 2.06. The first-order valence-corrected chi connectivity index (χ1v) is 5.98. The maximum atomic E-state index is 10.3. The molecule has 0 aromatic rings. The van der Waals surface area contributed by atoms with Crippen LogP contribution in [-0.2, 0) is 19.3 Å². The molecule has 5 nitrogen and oxygen atoms in total. The van der Waals surface area contributed by atoms with Gasteiger partial charge in [-0.3, -0.25) is 4.55 Å². The first kappa shape index (κ1) is 11.9. The van der Waals surface area contributed by atoms with Crippen molar-refractivity contribution in [2.45, 2.75) is 26.4 Å². The Balaban J connectivity index is 2.34. The van der Waals surface area contributed by atoms with E-state index in [9.17, 15) is 8.42 Å². The Kier molecular flexibility index (Phi) is 3.88. The predicted molar refractivity (Wildman–Crippen MR) is 50.2 cm³/mol. The summed E-state index contributed by atoms with van der Waals surface area (Å²) in [4.78, 5) is 0. The number of hydrogen-bond donors (Lipinski definition) is 1. The molecule has 0 aromatic carbocycles. The third kappa shape index (κ3) is 3.91. The summed E-state index contributed by atoms with van der Waals surface area (Å²) >= 11 is 0. The van der Waals surface area contributed by atoms with Crippen molar-refractivity contribution in [2.24, 2.45) is 11.8 Å². The first-order valence-electron chi connectivity index (χ1n) is 4.62. The van der Waals surface area contributed by atoms with Gasteiger partial charge in [0.2, 0.25) is 0 Å². The maximum Gasteiger partial charge on any atom is 0.397 e. The summed E-state index contributed by atoms with van der Waals surface area (Å²) in [6, 6.07) is 0. The highest BCUT2D eigenvalue weighted by Crippen LogP contribution is 2.25. The molecule has 1 aliphatic rings. The van der Waals surface area contributed by atoms with Gasteiger partial charge in [0.05, 0.1) is 12.7 Å². The molecule has 1 aliphatic heterocycles. The summed E-state index contributed by atoms with van der Waals surface area (Å²) in [5.41, 5.74) is 0. The lowest BCUT2D eigenvalue weighted by Gasteiger charge is -2.31. The van der Waals surface area contributed by atoms with Crippen LogP contribution in [0.4, 0.5) is 0 Å². The minimum atomic E-state index is -4.33. The normalized spacial score (nSPS) is 34.4. The summed E-state index contributed by atoms with van der Waals surface area (Å²) in [6.45, 7) is 4.69. The second-order valence-corrected chi connectivity index (χ2v) is 4.95. The van der Waals surface area contributed by atoms with Crippen LogP contribution in [0, 0.1) is 11.8 Å².